The molecule has 1 atom stereocenters. The van der Waals surface area contributed by atoms with Crippen LogP contribution in [-0.2, 0) is 19.1 Å². The van der Waals surface area contributed by atoms with E-state index >= 15 is 0 Å². The van der Waals surface area contributed by atoms with Crippen molar-refractivity contribution in [2.24, 2.45) is 0 Å². The number of Topliss-reactive ketones (excluding diaryl/α,β-unsaturated/α-hetero) is 1. The Hall–Kier alpha value is -3.43. The molecule has 0 saturated carbocycles. The van der Waals surface area contributed by atoms with Crippen LogP contribution in [0.5, 0.6) is 0 Å². The van der Waals surface area contributed by atoms with Crippen molar-refractivity contribution in [3.05, 3.63) is 63.5 Å². The summed E-state index contributed by atoms with van der Waals surface area (Å²) in [6, 6.07) is 7.06. The van der Waals surface area contributed by atoms with E-state index in [9.17, 15) is 19.5 Å². The van der Waals surface area contributed by atoms with Gasteiger partial charge in [0, 0.05) is 37.4 Å². The van der Waals surface area contributed by atoms with E-state index in [4.69, 9.17) is 9.47 Å². The fourth-order valence-corrected chi connectivity index (χ4v) is 5.14. The van der Waals surface area contributed by atoms with Crippen molar-refractivity contribution >= 4 is 23.4 Å². The number of H-pyrrole nitrogens is 1. The summed E-state index contributed by atoms with van der Waals surface area (Å²) in [6.07, 6.45) is 0. The molecule has 2 aliphatic heterocycles. The van der Waals surface area contributed by atoms with Gasteiger partial charge >= 0.3 is 5.97 Å². The van der Waals surface area contributed by atoms with Crippen molar-refractivity contribution in [3.8, 4) is 0 Å². The van der Waals surface area contributed by atoms with Crippen molar-refractivity contribution in [2.75, 3.05) is 46.5 Å². The van der Waals surface area contributed by atoms with Crippen LogP contribution in [0.2, 0.25) is 0 Å². The maximum Gasteiger partial charge on any atom is 0.354 e. The second-order valence-electron chi connectivity index (χ2n) is 9.88. The lowest BCUT2D eigenvalue weighted by Gasteiger charge is -2.31. The molecule has 1 aromatic carbocycles. The first kappa shape index (κ1) is 26.6. The molecule has 3 heterocycles. The molecule has 0 unspecified atom stereocenters. The molecule has 2 fully saturated rings. The number of likely N-dealkylation sites (tertiary alicyclic amines) is 1. The molecule has 198 valence electrons. The Balaban J connectivity index is 1.80. The number of aromatic amines is 1. The summed E-state index contributed by atoms with van der Waals surface area (Å²) in [7, 11) is 1.28. The summed E-state index contributed by atoms with van der Waals surface area (Å²) in [5, 5.41) is 11.5. The van der Waals surface area contributed by atoms with Crippen LogP contribution in [0.15, 0.2) is 29.8 Å². The number of amides is 1. The normalized spacial score (nSPS) is 20.2. The molecule has 1 aromatic heterocycles. The minimum atomic E-state index is -0.752. The van der Waals surface area contributed by atoms with Gasteiger partial charge in [-0.1, -0.05) is 38.1 Å². The summed E-state index contributed by atoms with van der Waals surface area (Å²) in [5.74, 6) is -1.94. The molecule has 2 N–H and O–H groups in total. The number of nitrogens with one attached hydrogen (secondary N) is 1. The zero-order valence-corrected chi connectivity index (χ0v) is 22.1. The minimum Gasteiger partial charge on any atom is -0.507 e. The molecule has 4 rings (SSSR count). The number of esters is 1. The fraction of sp³-hybridized carbons (Fsp3) is 0.464. The highest BCUT2D eigenvalue weighted by Crippen LogP contribution is 2.41. The standard InChI is InChI=1S/C28H35N3O6/c1-16(2)19-6-8-20(9-7-19)24-22(25(32)21-17(3)23(28(35)36-5)29-18(21)4)26(33)27(34)31(24)11-10-30-12-14-37-15-13-30/h6-9,16,24,29,32H,10-15H2,1-5H3/t24-/m1/s1. The number of rotatable bonds is 7. The Morgan fingerprint density at radius 1 is 1.14 bits per heavy atom. The lowest BCUT2D eigenvalue weighted by molar-refractivity contribution is -0.140. The number of nitrogens with zero attached hydrogens (tertiary/aromatic N) is 2. The van der Waals surface area contributed by atoms with Gasteiger partial charge < -0.3 is 24.5 Å². The molecule has 1 amide bonds. The van der Waals surface area contributed by atoms with E-state index in [-0.39, 0.29) is 17.0 Å². The third-order valence-corrected chi connectivity index (χ3v) is 7.28. The number of hydrogen-bond donors (Lipinski definition) is 2. The third kappa shape index (κ3) is 5.06. The Morgan fingerprint density at radius 3 is 2.38 bits per heavy atom. The summed E-state index contributed by atoms with van der Waals surface area (Å²) in [6.45, 7) is 11.3. The van der Waals surface area contributed by atoms with E-state index in [0.29, 0.717) is 49.0 Å². The number of hydrogen-bond acceptors (Lipinski definition) is 7. The van der Waals surface area contributed by atoms with Gasteiger partial charge in [0.25, 0.3) is 11.7 Å². The number of aliphatic hydroxyl groups excluding tert-OH is 1. The molecule has 2 saturated heterocycles. The summed E-state index contributed by atoms with van der Waals surface area (Å²) >= 11 is 0. The van der Waals surface area contributed by atoms with Crippen molar-refractivity contribution in [3.63, 3.8) is 0 Å². The number of aromatic nitrogens is 1. The average molecular weight is 510 g/mol. The number of carbonyl (C=O) groups is 3. The number of ether oxygens (including phenoxy) is 2. The Kier molecular flexibility index (Phi) is 7.85. The first-order valence-corrected chi connectivity index (χ1v) is 12.6. The van der Waals surface area contributed by atoms with Gasteiger partial charge in [0.2, 0.25) is 0 Å². The van der Waals surface area contributed by atoms with Gasteiger partial charge in [-0.3, -0.25) is 14.5 Å². The Bertz CT molecular complexity index is 1220. The number of methoxy groups -OCH3 is 1. The van der Waals surface area contributed by atoms with Crippen LogP contribution in [0.4, 0.5) is 0 Å². The first-order valence-electron chi connectivity index (χ1n) is 12.6. The predicted molar refractivity (Wildman–Crippen MR) is 138 cm³/mol. The van der Waals surface area contributed by atoms with Crippen molar-refractivity contribution < 1.29 is 29.0 Å². The number of benzene rings is 1. The summed E-state index contributed by atoms with van der Waals surface area (Å²) < 4.78 is 10.3. The van der Waals surface area contributed by atoms with E-state index in [1.54, 1.807) is 18.7 Å². The predicted octanol–water partition coefficient (Wildman–Crippen LogP) is 3.30. The zero-order chi connectivity index (χ0) is 26.9. The van der Waals surface area contributed by atoms with Gasteiger partial charge in [-0.05, 0) is 36.5 Å². The van der Waals surface area contributed by atoms with Gasteiger partial charge in [0.1, 0.15) is 11.5 Å². The van der Waals surface area contributed by atoms with Crippen LogP contribution in [0.1, 0.15) is 64.2 Å². The largest absolute Gasteiger partial charge is 0.507 e. The van der Waals surface area contributed by atoms with Gasteiger partial charge in [-0.25, -0.2) is 4.79 Å². The molecule has 0 radical (unpaired) electrons. The monoisotopic (exact) mass is 509 g/mol. The van der Waals surface area contributed by atoms with Gasteiger partial charge in [-0.2, -0.15) is 0 Å². The maximum absolute atomic E-state index is 13.4. The lowest BCUT2D eigenvalue weighted by atomic mass is 9.92. The number of aliphatic hydroxyl groups is 1. The second-order valence-corrected chi connectivity index (χ2v) is 9.88. The van der Waals surface area contributed by atoms with Crippen molar-refractivity contribution in [1.29, 1.82) is 0 Å². The van der Waals surface area contributed by atoms with Gasteiger partial charge in [0.15, 0.2) is 0 Å². The molecule has 0 bridgehead atoms. The van der Waals surface area contributed by atoms with E-state index in [0.717, 1.165) is 24.2 Å². The molecule has 2 aromatic rings. The number of ketones is 1. The SMILES string of the molecule is COC(=O)c1[nH]c(C)c(C(O)=C2C(=O)C(=O)N(CCN3CCOCC3)[C@@H]2c2ccc(C(C)C)cc2)c1C. The van der Waals surface area contributed by atoms with Crippen LogP contribution >= 0.6 is 0 Å². The van der Waals surface area contributed by atoms with E-state index in [2.05, 4.69) is 23.7 Å². The Morgan fingerprint density at radius 2 is 1.78 bits per heavy atom. The fourth-order valence-electron chi connectivity index (χ4n) is 5.14. The van der Waals surface area contributed by atoms with Crippen LogP contribution in [-0.4, -0.2) is 84.1 Å². The lowest BCUT2D eigenvalue weighted by Crippen LogP contribution is -2.42. The number of aryl methyl sites for hydroxylation is 1. The van der Waals surface area contributed by atoms with Crippen LogP contribution < -0.4 is 0 Å². The molecule has 37 heavy (non-hydrogen) atoms. The third-order valence-electron chi connectivity index (χ3n) is 7.28. The van der Waals surface area contributed by atoms with Crippen LogP contribution in [0.25, 0.3) is 5.76 Å². The minimum absolute atomic E-state index is 0.0193. The molecule has 9 heteroatoms. The van der Waals surface area contributed by atoms with Crippen LogP contribution in [0.3, 0.4) is 0 Å². The maximum atomic E-state index is 13.4. The number of carbonyl (C=O) groups excluding carboxylic acids is 3. The summed E-state index contributed by atoms with van der Waals surface area (Å²) in [5.41, 5.74) is 3.38. The zero-order valence-electron chi connectivity index (χ0n) is 22.1. The van der Waals surface area contributed by atoms with E-state index in [1.807, 2.05) is 24.3 Å². The highest BCUT2D eigenvalue weighted by atomic mass is 16.5. The topological polar surface area (TPSA) is 112 Å². The van der Waals surface area contributed by atoms with Gasteiger partial charge in [0.05, 0.1) is 31.9 Å². The average Bonchev–Trinajstić information content (AvgIpc) is 3.34. The van der Waals surface area contributed by atoms with Gasteiger partial charge in [-0.15, -0.1) is 0 Å². The number of morpholine rings is 1. The molecule has 0 spiro atoms. The molecular formula is C28H35N3O6. The molecule has 9 nitrogen and oxygen atoms in total. The van der Waals surface area contributed by atoms with Crippen molar-refractivity contribution in [1.82, 2.24) is 14.8 Å². The molecular weight excluding hydrogens is 474 g/mol. The van der Waals surface area contributed by atoms with E-state index in [1.165, 1.54) is 7.11 Å². The summed E-state index contributed by atoms with van der Waals surface area (Å²) in [4.78, 5) is 45.7. The second kappa shape index (κ2) is 10.9. The molecule has 2 aliphatic rings. The highest BCUT2D eigenvalue weighted by molar-refractivity contribution is 6.46. The Labute approximate surface area is 217 Å². The van der Waals surface area contributed by atoms with Crippen LogP contribution in [0, 0.1) is 13.8 Å². The first-order chi connectivity index (χ1) is 17.6. The van der Waals surface area contributed by atoms with E-state index < -0.39 is 23.7 Å². The smallest absolute Gasteiger partial charge is 0.354 e. The molecule has 0 aliphatic carbocycles. The van der Waals surface area contributed by atoms with Crippen molar-refractivity contribution in [2.45, 2.75) is 39.7 Å². The highest BCUT2D eigenvalue weighted by Gasteiger charge is 2.46. The quantitative estimate of drug-likeness (QED) is 0.255.